The average molecular weight is 408 g/mol. The van der Waals surface area contributed by atoms with Crippen LogP contribution in [0.25, 0.3) is 0 Å². The molecule has 1 fully saturated rings. The summed E-state index contributed by atoms with van der Waals surface area (Å²) in [6, 6.07) is 11.0. The van der Waals surface area contributed by atoms with Crippen molar-refractivity contribution in [1.29, 1.82) is 0 Å². The third-order valence-corrected chi connectivity index (χ3v) is 6.36. The highest BCUT2D eigenvalue weighted by molar-refractivity contribution is 6.02. The Morgan fingerprint density at radius 1 is 1.13 bits per heavy atom. The first kappa shape index (κ1) is 20.5. The van der Waals surface area contributed by atoms with Crippen LogP contribution < -0.4 is 5.56 Å². The van der Waals surface area contributed by atoms with Gasteiger partial charge in [-0.05, 0) is 42.2 Å². The number of pyridine rings is 1. The lowest BCUT2D eigenvalue weighted by atomic mass is 9.75. The van der Waals surface area contributed by atoms with Crippen molar-refractivity contribution in [1.82, 2.24) is 9.88 Å². The molecule has 2 aliphatic rings. The van der Waals surface area contributed by atoms with Crippen molar-refractivity contribution >= 4 is 11.7 Å². The molecule has 1 aromatic heterocycles. The Morgan fingerprint density at radius 3 is 2.47 bits per heavy atom. The number of amides is 1. The Kier molecular flexibility index (Phi) is 5.36. The minimum Gasteiger partial charge on any atom is -0.388 e. The number of rotatable bonds is 3. The number of hydrogen-bond donors (Lipinski definition) is 2. The molecule has 1 aliphatic heterocycles. The van der Waals surface area contributed by atoms with E-state index in [4.69, 9.17) is 0 Å². The molecule has 158 valence electrons. The van der Waals surface area contributed by atoms with Crippen LogP contribution in [0.1, 0.15) is 71.2 Å². The van der Waals surface area contributed by atoms with Gasteiger partial charge >= 0.3 is 0 Å². The van der Waals surface area contributed by atoms with Gasteiger partial charge < -0.3 is 15.0 Å². The minimum absolute atomic E-state index is 0.0313. The van der Waals surface area contributed by atoms with Crippen LogP contribution in [-0.4, -0.2) is 39.8 Å². The Morgan fingerprint density at radius 2 is 1.80 bits per heavy atom. The SMILES string of the molecule is CC1(C)CC(=O)c2cc(C(=O)N3CCC(C(O)c4ccccc4)CC3)c(=O)[nH]c2C1. The van der Waals surface area contributed by atoms with Crippen LogP contribution in [0.15, 0.2) is 41.2 Å². The van der Waals surface area contributed by atoms with Crippen LogP contribution in [0, 0.1) is 11.3 Å². The maximum Gasteiger partial charge on any atom is 0.261 e. The second-order valence-electron chi connectivity index (χ2n) is 9.33. The average Bonchev–Trinajstić information content (AvgIpc) is 2.72. The standard InChI is InChI=1S/C24H28N2O4/c1-24(2)13-19-17(20(27)14-24)12-18(22(29)25-19)23(30)26-10-8-16(9-11-26)21(28)15-6-4-3-5-7-15/h3-7,12,16,21,28H,8-11,13-14H2,1-2H3,(H,25,29). The lowest BCUT2D eigenvalue weighted by Crippen LogP contribution is -2.42. The van der Waals surface area contributed by atoms with E-state index in [9.17, 15) is 19.5 Å². The van der Waals surface area contributed by atoms with Crippen molar-refractivity contribution < 1.29 is 14.7 Å². The first-order chi connectivity index (χ1) is 14.2. The molecule has 1 unspecified atom stereocenters. The lowest BCUT2D eigenvalue weighted by molar-refractivity contribution is 0.0461. The van der Waals surface area contributed by atoms with Crippen molar-refractivity contribution in [2.24, 2.45) is 11.3 Å². The smallest absolute Gasteiger partial charge is 0.261 e. The number of carbonyl (C=O) groups excluding carboxylic acids is 2. The molecule has 0 bridgehead atoms. The van der Waals surface area contributed by atoms with Gasteiger partial charge in [-0.25, -0.2) is 0 Å². The van der Waals surface area contributed by atoms with Gasteiger partial charge in [0.2, 0.25) is 0 Å². The molecule has 1 saturated heterocycles. The van der Waals surface area contributed by atoms with Crippen molar-refractivity contribution in [3.8, 4) is 0 Å². The number of aliphatic hydroxyl groups is 1. The van der Waals surface area contributed by atoms with Gasteiger partial charge in [-0.15, -0.1) is 0 Å². The van der Waals surface area contributed by atoms with Crippen LogP contribution in [0.5, 0.6) is 0 Å². The number of aromatic amines is 1. The Hall–Kier alpha value is -2.73. The van der Waals surface area contributed by atoms with E-state index in [1.807, 2.05) is 44.2 Å². The van der Waals surface area contributed by atoms with Crippen LogP contribution >= 0.6 is 0 Å². The molecule has 1 aliphatic carbocycles. The van der Waals surface area contributed by atoms with E-state index >= 15 is 0 Å². The molecule has 2 aromatic rings. The fourth-order valence-corrected chi connectivity index (χ4v) is 4.70. The number of likely N-dealkylation sites (tertiary alicyclic amines) is 1. The fraction of sp³-hybridized carbons (Fsp3) is 0.458. The normalized spacial score (nSPS) is 20.0. The van der Waals surface area contributed by atoms with E-state index in [0.717, 1.165) is 5.56 Å². The molecular formula is C24H28N2O4. The van der Waals surface area contributed by atoms with E-state index < -0.39 is 11.7 Å². The summed E-state index contributed by atoms with van der Waals surface area (Å²) in [5.41, 5.74) is 1.38. The summed E-state index contributed by atoms with van der Waals surface area (Å²) in [4.78, 5) is 42.6. The number of H-pyrrole nitrogens is 1. The number of nitrogens with one attached hydrogen (secondary N) is 1. The zero-order valence-electron chi connectivity index (χ0n) is 17.5. The van der Waals surface area contributed by atoms with Crippen LogP contribution in [0.2, 0.25) is 0 Å². The molecule has 2 N–H and O–H groups in total. The van der Waals surface area contributed by atoms with Crippen molar-refractivity contribution in [3.05, 3.63) is 69.1 Å². The van der Waals surface area contributed by atoms with Gasteiger partial charge in [0.05, 0.1) is 6.10 Å². The molecule has 1 atom stereocenters. The van der Waals surface area contributed by atoms with E-state index in [2.05, 4.69) is 4.98 Å². The summed E-state index contributed by atoms with van der Waals surface area (Å²) in [5.74, 6) is -0.303. The molecule has 1 aromatic carbocycles. The minimum atomic E-state index is -0.559. The van der Waals surface area contributed by atoms with Gasteiger partial charge in [-0.1, -0.05) is 44.2 Å². The number of ketones is 1. The summed E-state index contributed by atoms with van der Waals surface area (Å²) in [7, 11) is 0. The summed E-state index contributed by atoms with van der Waals surface area (Å²) < 4.78 is 0. The van der Waals surface area contributed by atoms with Gasteiger partial charge in [-0.3, -0.25) is 14.4 Å². The molecule has 2 heterocycles. The number of benzene rings is 1. The topological polar surface area (TPSA) is 90.5 Å². The van der Waals surface area contributed by atoms with Gasteiger partial charge in [0.15, 0.2) is 5.78 Å². The maximum atomic E-state index is 13.0. The highest BCUT2D eigenvalue weighted by Gasteiger charge is 2.34. The Bertz CT molecular complexity index is 1020. The second-order valence-corrected chi connectivity index (χ2v) is 9.33. The fourth-order valence-electron chi connectivity index (χ4n) is 4.70. The number of fused-ring (bicyclic) bond motifs is 1. The van der Waals surface area contributed by atoms with Crippen LogP contribution in [0.3, 0.4) is 0 Å². The number of Topliss-reactive ketones (excluding diaryl/α,β-unsaturated/α-hetero) is 1. The van der Waals surface area contributed by atoms with Gasteiger partial charge in [0, 0.05) is 30.8 Å². The van der Waals surface area contributed by atoms with E-state index in [1.165, 1.54) is 6.07 Å². The molecular weight excluding hydrogens is 380 g/mol. The quantitative estimate of drug-likeness (QED) is 0.816. The number of nitrogens with zero attached hydrogens (tertiary/aromatic N) is 1. The monoisotopic (exact) mass is 408 g/mol. The number of carbonyl (C=O) groups is 2. The second kappa shape index (κ2) is 7.84. The third-order valence-electron chi connectivity index (χ3n) is 6.36. The predicted octanol–water partition coefficient (Wildman–Crippen LogP) is 3.12. The van der Waals surface area contributed by atoms with E-state index in [-0.39, 0.29) is 28.6 Å². The molecule has 0 spiro atoms. The zero-order chi connectivity index (χ0) is 21.5. The van der Waals surface area contributed by atoms with E-state index in [0.29, 0.717) is 50.0 Å². The van der Waals surface area contributed by atoms with Crippen molar-refractivity contribution in [2.75, 3.05) is 13.1 Å². The Labute approximate surface area is 175 Å². The lowest BCUT2D eigenvalue weighted by Gasteiger charge is -2.34. The maximum absolute atomic E-state index is 13.0. The molecule has 1 amide bonds. The van der Waals surface area contributed by atoms with Gasteiger partial charge in [0.1, 0.15) is 5.56 Å². The summed E-state index contributed by atoms with van der Waals surface area (Å²) in [5, 5.41) is 10.6. The summed E-state index contributed by atoms with van der Waals surface area (Å²) >= 11 is 0. The molecule has 0 radical (unpaired) electrons. The van der Waals surface area contributed by atoms with Crippen molar-refractivity contribution in [2.45, 2.75) is 45.6 Å². The van der Waals surface area contributed by atoms with Crippen LogP contribution in [0.4, 0.5) is 0 Å². The van der Waals surface area contributed by atoms with Gasteiger partial charge in [0.25, 0.3) is 11.5 Å². The first-order valence-electron chi connectivity index (χ1n) is 10.6. The highest BCUT2D eigenvalue weighted by Crippen LogP contribution is 2.34. The van der Waals surface area contributed by atoms with Crippen molar-refractivity contribution in [3.63, 3.8) is 0 Å². The molecule has 30 heavy (non-hydrogen) atoms. The van der Waals surface area contributed by atoms with Crippen LogP contribution in [-0.2, 0) is 6.42 Å². The Balaban J connectivity index is 1.48. The highest BCUT2D eigenvalue weighted by atomic mass is 16.3. The summed E-state index contributed by atoms with van der Waals surface area (Å²) in [6.07, 6.45) is 1.79. The third kappa shape index (κ3) is 3.97. The molecule has 0 saturated carbocycles. The number of hydrogen-bond acceptors (Lipinski definition) is 4. The van der Waals surface area contributed by atoms with Gasteiger partial charge in [-0.2, -0.15) is 0 Å². The summed E-state index contributed by atoms with van der Waals surface area (Å²) in [6.45, 7) is 4.95. The largest absolute Gasteiger partial charge is 0.388 e. The number of aromatic nitrogens is 1. The first-order valence-corrected chi connectivity index (χ1v) is 10.6. The number of piperidine rings is 1. The van der Waals surface area contributed by atoms with E-state index in [1.54, 1.807) is 4.90 Å². The molecule has 6 nitrogen and oxygen atoms in total. The molecule has 4 rings (SSSR count). The molecule has 6 heteroatoms. The predicted molar refractivity (Wildman–Crippen MR) is 114 cm³/mol. The number of aliphatic hydroxyl groups excluding tert-OH is 1. The zero-order valence-corrected chi connectivity index (χ0v) is 17.5.